The van der Waals surface area contributed by atoms with Crippen LogP contribution in [0.2, 0.25) is 0 Å². The van der Waals surface area contributed by atoms with Gasteiger partial charge in [0.25, 0.3) is 11.5 Å². The number of aromatic nitrogens is 2. The fraction of sp³-hybridized carbons (Fsp3) is 0.667. The molecule has 2 heterocycles. The topological polar surface area (TPSA) is 66.1 Å². The number of hydrogen-bond acceptors (Lipinski definition) is 3. The third-order valence-corrected chi connectivity index (χ3v) is 4.57. The average Bonchev–Trinajstić information content (AvgIpc) is 2.58. The molecule has 1 N–H and O–H groups in total. The Morgan fingerprint density at radius 3 is 2.80 bits per heavy atom. The molecule has 20 heavy (non-hydrogen) atoms. The number of carbonyl (C=O) groups excluding carboxylic acids is 1. The van der Waals surface area contributed by atoms with E-state index in [1.54, 1.807) is 0 Å². The zero-order valence-electron chi connectivity index (χ0n) is 12.3. The smallest absolute Gasteiger partial charge is 0.274 e. The van der Waals surface area contributed by atoms with E-state index in [2.05, 4.69) is 30.7 Å². The molecule has 5 heteroatoms. The van der Waals surface area contributed by atoms with Crippen LogP contribution in [0, 0.1) is 10.8 Å². The van der Waals surface area contributed by atoms with Crippen LogP contribution < -0.4 is 5.56 Å². The maximum Gasteiger partial charge on any atom is 0.274 e. The Balaban J connectivity index is 1.87. The van der Waals surface area contributed by atoms with Gasteiger partial charge in [-0.25, -0.2) is 4.98 Å². The molecule has 1 aliphatic carbocycles. The fourth-order valence-corrected chi connectivity index (χ4v) is 4.30. The molecule has 1 amide bonds. The summed E-state index contributed by atoms with van der Waals surface area (Å²) in [5.41, 5.74) is 0.545. The normalized spacial score (nSPS) is 31.4. The maximum atomic E-state index is 12.6. The highest BCUT2D eigenvalue weighted by molar-refractivity contribution is 5.92. The van der Waals surface area contributed by atoms with Crippen molar-refractivity contribution >= 4 is 5.91 Å². The van der Waals surface area contributed by atoms with Gasteiger partial charge >= 0.3 is 0 Å². The number of nitrogens with zero attached hydrogens (tertiary/aromatic N) is 2. The van der Waals surface area contributed by atoms with Gasteiger partial charge in [-0.2, -0.15) is 0 Å². The predicted octanol–water partition coefficient (Wildman–Crippen LogP) is 1.81. The van der Waals surface area contributed by atoms with E-state index in [1.165, 1.54) is 12.4 Å². The van der Waals surface area contributed by atoms with Crippen LogP contribution in [-0.2, 0) is 0 Å². The van der Waals surface area contributed by atoms with E-state index in [1.807, 2.05) is 4.90 Å². The standard InChI is InChI=1S/C15H21N3O2/c1-14(2)4-10-5-15(3,8-14)9-18(10)13(20)11-6-17-12(19)7-16-11/h6-7,10H,4-5,8-9H2,1-3H3,(H,17,19). The second-order valence-corrected chi connectivity index (χ2v) is 7.44. The van der Waals surface area contributed by atoms with E-state index in [-0.39, 0.29) is 22.3 Å². The summed E-state index contributed by atoms with van der Waals surface area (Å²) in [5.74, 6) is -0.0623. The minimum absolute atomic E-state index is 0.0623. The summed E-state index contributed by atoms with van der Waals surface area (Å²) in [6, 6.07) is 0.296. The summed E-state index contributed by atoms with van der Waals surface area (Å²) in [6.45, 7) is 7.63. The Bertz CT molecular complexity index is 587. The molecular weight excluding hydrogens is 254 g/mol. The monoisotopic (exact) mass is 275 g/mol. The Labute approximate surface area is 118 Å². The van der Waals surface area contributed by atoms with Gasteiger partial charge in [0, 0.05) is 18.8 Å². The van der Waals surface area contributed by atoms with Crippen molar-refractivity contribution in [3.05, 3.63) is 28.4 Å². The first-order valence-corrected chi connectivity index (χ1v) is 7.14. The molecule has 2 fully saturated rings. The molecule has 2 atom stereocenters. The second kappa shape index (κ2) is 4.17. The third kappa shape index (κ3) is 2.25. The van der Waals surface area contributed by atoms with Gasteiger partial charge < -0.3 is 9.88 Å². The predicted molar refractivity (Wildman–Crippen MR) is 75.4 cm³/mol. The molecule has 1 saturated heterocycles. The minimum atomic E-state index is -0.283. The zero-order chi connectivity index (χ0) is 14.5. The van der Waals surface area contributed by atoms with E-state index in [0.717, 1.165) is 25.8 Å². The van der Waals surface area contributed by atoms with Gasteiger partial charge in [-0.05, 0) is 30.1 Å². The van der Waals surface area contributed by atoms with Crippen molar-refractivity contribution in [3.8, 4) is 0 Å². The highest BCUT2D eigenvalue weighted by atomic mass is 16.2. The number of H-pyrrole nitrogens is 1. The summed E-state index contributed by atoms with van der Waals surface area (Å²) < 4.78 is 0. The van der Waals surface area contributed by atoms with Gasteiger partial charge in [-0.1, -0.05) is 20.8 Å². The highest BCUT2D eigenvalue weighted by Crippen LogP contribution is 2.52. The molecule has 3 rings (SSSR count). The molecule has 1 aliphatic heterocycles. The first-order valence-electron chi connectivity index (χ1n) is 7.14. The van der Waals surface area contributed by atoms with Crippen LogP contribution in [0.15, 0.2) is 17.2 Å². The second-order valence-electron chi connectivity index (χ2n) is 7.44. The number of rotatable bonds is 1. The quantitative estimate of drug-likeness (QED) is 0.850. The number of aromatic amines is 1. The van der Waals surface area contributed by atoms with Crippen molar-refractivity contribution in [3.63, 3.8) is 0 Å². The van der Waals surface area contributed by atoms with Gasteiger partial charge in [0.2, 0.25) is 0 Å². The lowest BCUT2D eigenvalue weighted by Crippen LogP contribution is -2.38. The Hall–Kier alpha value is -1.65. The highest BCUT2D eigenvalue weighted by Gasteiger charge is 2.51. The summed E-state index contributed by atoms with van der Waals surface area (Å²) in [5, 5.41) is 0. The summed E-state index contributed by atoms with van der Waals surface area (Å²) in [4.78, 5) is 32.1. The van der Waals surface area contributed by atoms with Gasteiger partial charge in [-0.15, -0.1) is 0 Å². The lowest BCUT2D eigenvalue weighted by molar-refractivity contribution is 0.0702. The Kier molecular flexibility index (Phi) is 2.78. The van der Waals surface area contributed by atoms with Crippen LogP contribution in [0.1, 0.15) is 50.5 Å². The van der Waals surface area contributed by atoms with Crippen LogP contribution in [0.3, 0.4) is 0 Å². The van der Waals surface area contributed by atoms with Crippen LogP contribution in [0.4, 0.5) is 0 Å². The molecule has 108 valence electrons. The first kappa shape index (κ1) is 13.3. The van der Waals surface area contributed by atoms with Crippen LogP contribution in [0.5, 0.6) is 0 Å². The van der Waals surface area contributed by atoms with Crippen molar-refractivity contribution in [2.75, 3.05) is 6.54 Å². The summed E-state index contributed by atoms with van der Waals surface area (Å²) >= 11 is 0. The molecule has 1 aromatic rings. The van der Waals surface area contributed by atoms with Crippen LogP contribution >= 0.6 is 0 Å². The molecule has 1 aromatic heterocycles. The van der Waals surface area contributed by atoms with Gasteiger partial charge in [0.15, 0.2) is 0 Å². The third-order valence-electron chi connectivity index (χ3n) is 4.57. The van der Waals surface area contributed by atoms with Crippen LogP contribution in [0.25, 0.3) is 0 Å². The number of hydrogen-bond donors (Lipinski definition) is 1. The van der Waals surface area contributed by atoms with E-state index in [4.69, 9.17) is 0 Å². The minimum Gasteiger partial charge on any atom is -0.334 e. The lowest BCUT2D eigenvalue weighted by atomic mass is 9.65. The first-order chi connectivity index (χ1) is 9.28. The van der Waals surface area contributed by atoms with Gasteiger partial charge in [0.05, 0.1) is 6.20 Å². The molecule has 1 saturated carbocycles. The Morgan fingerprint density at radius 1 is 1.40 bits per heavy atom. The molecule has 0 aromatic carbocycles. The number of likely N-dealkylation sites (tertiary alicyclic amines) is 1. The SMILES string of the molecule is CC1(C)CC2CC(C)(CN2C(=O)c2c[nH]c(=O)cn2)C1. The van der Waals surface area contributed by atoms with Crippen LogP contribution in [-0.4, -0.2) is 33.4 Å². The number of fused-ring (bicyclic) bond motifs is 2. The number of carbonyl (C=O) groups is 1. The van der Waals surface area contributed by atoms with E-state index >= 15 is 0 Å². The van der Waals surface area contributed by atoms with Crippen molar-refractivity contribution in [2.24, 2.45) is 10.8 Å². The molecule has 0 radical (unpaired) electrons. The van der Waals surface area contributed by atoms with Crippen molar-refractivity contribution < 1.29 is 4.79 Å². The van der Waals surface area contributed by atoms with Gasteiger partial charge in [0.1, 0.15) is 5.69 Å². The largest absolute Gasteiger partial charge is 0.334 e. The van der Waals surface area contributed by atoms with Gasteiger partial charge in [-0.3, -0.25) is 9.59 Å². The maximum absolute atomic E-state index is 12.6. The lowest BCUT2D eigenvalue weighted by Gasteiger charge is -2.39. The summed E-state index contributed by atoms with van der Waals surface area (Å²) in [7, 11) is 0. The van der Waals surface area contributed by atoms with Crippen molar-refractivity contribution in [1.29, 1.82) is 0 Å². The zero-order valence-corrected chi connectivity index (χ0v) is 12.3. The number of amides is 1. The molecule has 2 unspecified atom stereocenters. The van der Waals surface area contributed by atoms with E-state index in [9.17, 15) is 9.59 Å². The fourth-order valence-electron chi connectivity index (χ4n) is 4.30. The molecule has 2 bridgehead atoms. The average molecular weight is 275 g/mol. The van der Waals surface area contributed by atoms with Crippen molar-refractivity contribution in [2.45, 2.75) is 46.1 Å². The van der Waals surface area contributed by atoms with Crippen molar-refractivity contribution in [1.82, 2.24) is 14.9 Å². The molecule has 0 spiro atoms. The molecule has 5 nitrogen and oxygen atoms in total. The molecule has 2 aliphatic rings. The van der Waals surface area contributed by atoms with E-state index in [0.29, 0.717) is 11.7 Å². The summed E-state index contributed by atoms with van der Waals surface area (Å²) in [6.07, 6.45) is 5.85. The molecular formula is C15H21N3O2. The Morgan fingerprint density at radius 2 is 2.15 bits per heavy atom. The van der Waals surface area contributed by atoms with E-state index < -0.39 is 0 Å². The number of nitrogens with one attached hydrogen (secondary N) is 1.